The van der Waals surface area contributed by atoms with Gasteiger partial charge in [-0.3, -0.25) is 9.48 Å². The molecule has 0 saturated heterocycles. The number of aryl methyl sites for hydroxylation is 2. The van der Waals surface area contributed by atoms with Gasteiger partial charge in [-0.05, 0) is 24.2 Å². The van der Waals surface area contributed by atoms with Crippen molar-refractivity contribution >= 4 is 11.6 Å². The van der Waals surface area contributed by atoms with Crippen LogP contribution < -0.4 is 11.1 Å². The van der Waals surface area contributed by atoms with E-state index in [2.05, 4.69) is 38.1 Å². The molecule has 3 N–H and O–H groups in total. The monoisotopic (exact) mass is 280 g/mol. The molecule has 1 aromatic heterocycles. The highest BCUT2D eigenvalue weighted by Crippen LogP contribution is 2.20. The van der Waals surface area contributed by atoms with E-state index in [4.69, 9.17) is 5.73 Å². The summed E-state index contributed by atoms with van der Waals surface area (Å²) < 4.78 is 1.57. The maximum Gasteiger partial charge on any atom is 0.271 e. The van der Waals surface area contributed by atoms with Gasteiger partial charge in [0, 0.05) is 13.6 Å². The number of rotatable bonds is 6. The molecule has 114 valence electrons. The first-order valence-corrected chi connectivity index (χ1v) is 7.39. The summed E-state index contributed by atoms with van der Waals surface area (Å²) in [6.07, 6.45) is 0.730. The van der Waals surface area contributed by atoms with Crippen LogP contribution in [0.15, 0.2) is 0 Å². The van der Waals surface area contributed by atoms with Crippen molar-refractivity contribution in [2.24, 2.45) is 24.8 Å². The van der Waals surface area contributed by atoms with Crippen molar-refractivity contribution in [2.75, 3.05) is 12.3 Å². The van der Waals surface area contributed by atoms with Gasteiger partial charge in [-0.25, -0.2) is 0 Å². The average Bonchev–Trinajstić information content (AvgIpc) is 2.63. The molecule has 0 unspecified atom stereocenters. The summed E-state index contributed by atoms with van der Waals surface area (Å²) in [6, 6.07) is 0. The van der Waals surface area contributed by atoms with Gasteiger partial charge in [0.25, 0.3) is 5.91 Å². The van der Waals surface area contributed by atoms with Crippen LogP contribution in [0.1, 0.15) is 50.8 Å². The highest BCUT2D eigenvalue weighted by atomic mass is 16.2. The van der Waals surface area contributed by atoms with E-state index < -0.39 is 0 Å². The van der Waals surface area contributed by atoms with E-state index in [1.807, 2.05) is 6.92 Å². The highest BCUT2D eigenvalue weighted by molar-refractivity contribution is 5.97. The Morgan fingerprint density at radius 2 is 1.85 bits per heavy atom. The molecule has 1 amide bonds. The second-order valence-corrected chi connectivity index (χ2v) is 6.05. The SMILES string of the molecule is CCc1nn(C)c(C(=O)NCC(C(C)C)C(C)C)c1N. The van der Waals surface area contributed by atoms with Crippen LogP contribution in [0.3, 0.4) is 0 Å². The van der Waals surface area contributed by atoms with E-state index in [1.165, 1.54) is 0 Å². The zero-order valence-corrected chi connectivity index (χ0v) is 13.5. The number of amides is 1. The summed E-state index contributed by atoms with van der Waals surface area (Å²) in [5.74, 6) is 1.39. The molecule has 0 saturated carbocycles. The molecule has 0 spiro atoms. The Bertz CT molecular complexity index is 455. The minimum absolute atomic E-state index is 0.136. The first-order chi connectivity index (χ1) is 9.29. The first kappa shape index (κ1) is 16.5. The number of hydrogen-bond acceptors (Lipinski definition) is 3. The molecule has 0 aromatic carbocycles. The lowest BCUT2D eigenvalue weighted by Gasteiger charge is -2.25. The fourth-order valence-electron chi connectivity index (χ4n) is 2.66. The van der Waals surface area contributed by atoms with Gasteiger partial charge in [0.15, 0.2) is 0 Å². The summed E-state index contributed by atoms with van der Waals surface area (Å²) in [5, 5.41) is 7.28. The average molecular weight is 280 g/mol. The van der Waals surface area contributed by atoms with Crippen molar-refractivity contribution in [1.29, 1.82) is 0 Å². The zero-order valence-electron chi connectivity index (χ0n) is 13.5. The molecule has 1 aromatic rings. The molecule has 5 heteroatoms. The normalized spacial score (nSPS) is 11.7. The van der Waals surface area contributed by atoms with Crippen molar-refractivity contribution in [3.8, 4) is 0 Å². The van der Waals surface area contributed by atoms with Crippen molar-refractivity contribution in [3.05, 3.63) is 11.4 Å². The number of nitrogens with zero attached hydrogens (tertiary/aromatic N) is 2. The maximum atomic E-state index is 12.3. The lowest BCUT2D eigenvalue weighted by Crippen LogP contribution is -2.35. The van der Waals surface area contributed by atoms with E-state index in [0.29, 0.717) is 35.7 Å². The minimum atomic E-state index is -0.136. The van der Waals surface area contributed by atoms with Crippen LogP contribution in [-0.2, 0) is 13.5 Å². The van der Waals surface area contributed by atoms with Crippen molar-refractivity contribution < 1.29 is 4.79 Å². The van der Waals surface area contributed by atoms with Crippen LogP contribution in [0.2, 0.25) is 0 Å². The summed E-state index contributed by atoms with van der Waals surface area (Å²) >= 11 is 0. The van der Waals surface area contributed by atoms with Crippen LogP contribution in [0.25, 0.3) is 0 Å². The first-order valence-electron chi connectivity index (χ1n) is 7.39. The van der Waals surface area contributed by atoms with Crippen molar-refractivity contribution in [3.63, 3.8) is 0 Å². The Morgan fingerprint density at radius 1 is 1.30 bits per heavy atom. The van der Waals surface area contributed by atoms with Crippen molar-refractivity contribution in [1.82, 2.24) is 15.1 Å². The van der Waals surface area contributed by atoms with E-state index in [9.17, 15) is 4.79 Å². The molecule has 1 rings (SSSR count). The number of aromatic nitrogens is 2. The second kappa shape index (κ2) is 6.77. The van der Waals surface area contributed by atoms with Crippen LogP contribution in [0.4, 0.5) is 5.69 Å². The summed E-state index contributed by atoms with van der Waals surface area (Å²) in [4.78, 5) is 12.3. The molecule has 1 heterocycles. The largest absolute Gasteiger partial charge is 0.395 e. The molecule has 0 aliphatic carbocycles. The smallest absolute Gasteiger partial charge is 0.271 e. The van der Waals surface area contributed by atoms with Gasteiger partial charge < -0.3 is 11.1 Å². The van der Waals surface area contributed by atoms with Gasteiger partial charge in [0.2, 0.25) is 0 Å². The number of carbonyl (C=O) groups is 1. The summed E-state index contributed by atoms with van der Waals surface area (Å²) in [6.45, 7) is 11.4. The van der Waals surface area contributed by atoms with Gasteiger partial charge in [-0.15, -0.1) is 0 Å². The fourth-order valence-corrected chi connectivity index (χ4v) is 2.66. The number of nitrogen functional groups attached to an aromatic ring is 1. The van der Waals surface area contributed by atoms with E-state index in [0.717, 1.165) is 12.1 Å². The number of nitrogens with one attached hydrogen (secondary N) is 1. The third kappa shape index (κ3) is 3.52. The predicted molar refractivity (Wildman–Crippen MR) is 82.5 cm³/mol. The Balaban J connectivity index is 2.79. The number of carbonyl (C=O) groups excluding carboxylic acids is 1. The van der Waals surface area contributed by atoms with Gasteiger partial charge >= 0.3 is 0 Å². The quantitative estimate of drug-likeness (QED) is 0.839. The highest BCUT2D eigenvalue weighted by Gasteiger charge is 2.22. The second-order valence-electron chi connectivity index (χ2n) is 6.05. The molecule has 0 bridgehead atoms. The lowest BCUT2D eigenvalue weighted by molar-refractivity contribution is 0.0928. The predicted octanol–water partition coefficient (Wildman–Crippen LogP) is 2.22. The van der Waals surface area contributed by atoms with Gasteiger partial charge in [-0.1, -0.05) is 34.6 Å². The summed E-state index contributed by atoms with van der Waals surface area (Å²) in [5.41, 5.74) is 7.74. The Hall–Kier alpha value is -1.52. The zero-order chi connectivity index (χ0) is 15.4. The third-order valence-electron chi connectivity index (χ3n) is 3.92. The molecule has 20 heavy (non-hydrogen) atoms. The lowest BCUT2D eigenvalue weighted by atomic mass is 9.85. The Kier molecular flexibility index (Phi) is 5.60. The maximum absolute atomic E-state index is 12.3. The Morgan fingerprint density at radius 3 is 2.25 bits per heavy atom. The number of nitrogens with two attached hydrogens (primary N) is 1. The van der Waals surface area contributed by atoms with E-state index in [-0.39, 0.29) is 5.91 Å². The molecule has 0 aliphatic rings. The number of anilines is 1. The molecule has 0 radical (unpaired) electrons. The minimum Gasteiger partial charge on any atom is -0.395 e. The third-order valence-corrected chi connectivity index (χ3v) is 3.92. The molecule has 5 nitrogen and oxygen atoms in total. The van der Waals surface area contributed by atoms with Gasteiger partial charge in [-0.2, -0.15) is 5.10 Å². The number of hydrogen-bond donors (Lipinski definition) is 2. The van der Waals surface area contributed by atoms with Gasteiger partial charge in [0.05, 0.1) is 11.4 Å². The Labute approximate surface area is 121 Å². The van der Waals surface area contributed by atoms with Gasteiger partial charge in [0.1, 0.15) is 5.69 Å². The molecule has 0 fully saturated rings. The topological polar surface area (TPSA) is 72.9 Å². The van der Waals surface area contributed by atoms with Crippen LogP contribution in [0.5, 0.6) is 0 Å². The fraction of sp³-hybridized carbons (Fsp3) is 0.733. The molecular weight excluding hydrogens is 252 g/mol. The van der Waals surface area contributed by atoms with Crippen LogP contribution in [0, 0.1) is 17.8 Å². The van der Waals surface area contributed by atoms with E-state index >= 15 is 0 Å². The van der Waals surface area contributed by atoms with Crippen LogP contribution >= 0.6 is 0 Å². The summed E-state index contributed by atoms with van der Waals surface area (Å²) in [7, 11) is 1.76. The van der Waals surface area contributed by atoms with Crippen molar-refractivity contribution in [2.45, 2.75) is 41.0 Å². The van der Waals surface area contributed by atoms with Crippen LogP contribution in [-0.4, -0.2) is 22.2 Å². The standard InChI is InChI=1S/C15H28N4O/c1-7-12-13(16)14(19(6)18-12)15(20)17-8-11(9(2)3)10(4)5/h9-11H,7-8,16H2,1-6H3,(H,17,20). The molecule has 0 aliphatic heterocycles. The molecule has 0 atom stereocenters. The molecular formula is C15H28N4O. The van der Waals surface area contributed by atoms with E-state index in [1.54, 1.807) is 11.7 Å².